The van der Waals surface area contributed by atoms with Crippen molar-refractivity contribution in [3.05, 3.63) is 55.4 Å². The van der Waals surface area contributed by atoms with Crippen molar-refractivity contribution in [2.45, 2.75) is 13.3 Å². The molecule has 0 spiro atoms. The average Bonchev–Trinajstić information content (AvgIpc) is 2.74. The Morgan fingerprint density at radius 1 is 1.23 bits per heavy atom. The van der Waals surface area contributed by atoms with Gasteiger partial charge in [-0.15, -0.1) is 6.58 Å². The highest BCUT2D eigenvalue weighted by molar-refractivity contribution is 6.00. The summed E-state index contributed by atoms with van der Waals surface area (Å²) in [6, 6.07) is 6.40. The molecule has 0 bridgehead atoms. The molecule has 0 aliphatic rings. The number of ether oxygens (including phenoxy) is 3. The third-order valence-electron chi connectivity index (χ3n) is 3.52. The first-order valence-electron chi connectivity index (χ1n) is 9.20. The second kappa shape index (κ2) is 11.7. The first kappa shape index (κ1) is 22.2. The zero-order chi connectivity index (χ0) is 21.8. The lowest BCUT2D eigenvalue weighted by Crippen LogP contribution is -2.21. The van der Waals surface area contributed by atoms with Crippen LogP contribution in [0.1, 0.15) is 19.0 Å². The van der Waals surface area contributed by atoms with Gasteiger partial charge in [0.1, 0.15) is 24.2 Å². The van der Waals surface area contributed by atoms with E-state index in [1.54, 1.807) is 30.4 Å². The fourth-order valence-corrected chi connectivity index (χ4v) is 2.26. The number of amides is 2. The fraction of sp³-hybridized carbons (Fsp3) is 0.238. The van der Waals surface area contributed by atoms with E-state index in [0.717, 1.165) is 0 Å². The number of aromatic nitrogens is 2. The summed E-state index contributed by atoms with van der Waals surface area (Å²) in [6.07, 6.45) is 5.12. The van der Waals surface area contributed by atoms with Crippen LogP contribution in [0.25, 0.3) is 0 Å². The summed E-state index contributed by atoms with van der Waals surface area (Å²) in [4.78, 5) is 20.6. The molecule has 9 nitrogen and oxygen atoms in total. The zero-order valence-corrected chi connectivity index (χ0v) is 16.7. The van der Waals surface area contributed by atoms with Crippen LogP contribution >= 0.6 is 0 Å². The number of rotatable bonds is 11. The topological polar surface area (TPSA) is 118 Å². The van der Waals surface area contributed by atoms with Gasteiger partial charge in [0, 0.05) is 6.07 Å². The Morgan fingerprint density at radius 2 is 2.07 bits per heavy atom. The van der Waals surface area contributed by atoms with Gasteiger partial charge in [0.2, 0.25) is 5.69 Å². The van der Waals surface area contributed by atoms with E-state index in [0.29, 0.717) is 30.2 Å². The Bertz CT molecular complexity index is 939. The summed E-state index contributed by atoms with van der Waals surface area (Å²) in [5, 5.41) is 14.4. The first-order valence-corrected chi connectivity index (χ1v) is 9.20. The number of benzene rings is 1. The molecule has 0 aliphatic heterocycles. The Hall–Kier alpha value is -4.06. The van der Waals surface area contributed by atoms with Crippen LogP contribution in [0.15, 0.2) is 49.7 Å². The summed E-state index contributed by atoms with van der Waals surface area (Å²) in [6.45, 7) is 10.1. The molecule has 2 amide bonds. The third-order valence-corrected chi connectivity index (χ3v) is 3.52. The van der Waals surface area contributed by atoms with E-state index in [-0.39, 0.29) is 30.6 Å². The number of nitriles is 1. The second-order valence-corrected chi connectivity index (χ2v) is 5.72. The molecule has 2 N–H and O–H groups in total. The molecule has 0 radical (unpaired) electrons. The molecule has 30 heavy (non-hydrogen) atoms. The molecule has 0 fully saturated rings. The molecule has 1 heterocycles. The van der Waals surface area contributed by atoms with E-state index in [1.807, 2.05) is 13.0 Å². The van der Waals surface area contributed by atoms with Crippen LogP contribution in [0.4, 0.5) is 16.3 Å². The lowest BCUT2D eigenvalue weighted by Gasteiger charge is -2.14. The van der Waals surface area contributed by atoms with Gasteiger partial charge in [-0.25, -0.2) is 9.78 Å². The van der Waals surface area contributed by atoms with Gasteiger partial charge in [-0.1, -0.05) is 18.7 Å². The van der Waals surface area contributed by atoms with Crippen LogP contribution in [0, 0.1) is 11.3 Å². The van der Waals surface area contributed by atoms with Gasteiger partial charge in [0.15, 0.2) is 5.82 Å². The number of carbonyl (C=O) groups is 1. The predicted molar refractivity (Wildman–Crippen MR) is 113 cm³/mol. The number of urea groups is 1. The van der Waals surface area contributed by atoms with E-state index >= 15 is 0 Å². The molecule has 0 unspecified atom stereocenters. The molecule has 0 saturated heterocycles. The Labute approximate surface area is 175 Å². The highest BCUT2D eigenvalue weighted by atomic mass is 16.5. The van der Waals surface area contributed by atoms with Crippen molar-refractivity contribution in [2.24, 2.45) is 0 Å². The summed E-state index contributed by atoms with van der Waals surface area (Å²) in [7, 11) is 0. The van der Waals surface area contributed by atoms with Crippen LogP contribution in [0.3, 0.4) is 0 Å². The van der Waals surface area contributed by atoms with Crippen molar-refractivity contribution in [3.8, 4) is 23.4 Å². The number of hydrogen-bond donors (Lipinski definition) is 2. The number of hydrogen-bond acceptors (Lipinski definition) is 7. The molecule has 0 saturated carbocycles. The molecule has 1 aromatic heterocycles. The van der Waals surface area contributed by atoms with Crippen LogP contribution in [-0.4, -0.2) is 35.8 Å². The zero-order valence-electron chi connectivity index (χ0n) is 16.7. The first-order chi connectivity index (χ1) is 14.6. The van der Waals surface area contributed by atoms with Gasteiger partial charge >= 0.3 is 6.03 Å². The van der Waals surface area contributed by atoms with Crippen molar-refractivity contribution >= 4 is 17.5 Å². The number of anilines is 2. The second-order valence-electron chi connectivity index (χ2n) is 5.72. The van der Waals surface area contributed by atoms with Crippen molar-refractivity contribution in [1.82, 2.24) is 9.97 Å². The van der Waals surface area contributed by atoms with Gasteiger partial charge < -0.3 is 19.5 Å². The minimum Gasteiger partial charge on any atom is -0.494 e. The Balaban J connectivity index is 2.15. The quantitative estimate of drug-likeness (QED) is 0.427. The van der Waals surface area contributed by atoms with E-state index < -0.39 is 6.03 Å². The largest absolute Gasteiger partial charge is 0.494 e. The molecule has 1 aromatic carbocycles. The predicted octanol–water partition coefficient (Wildman–Crippen LogP) is 3.91. The van der Waals surface area contributed by atoms with Crippen molar-refractivity contribution in [3.63, 3.8) is 0 Å². The SMILES string of the molecule is C=CCCOc1nc(NC(=O)Nc2cc(OCC)ccc2OCC=C)cnc1C#N. The van der Waals surface area contributed by atoms with E-state index in [9.17, 15) is 4.79 Å². The van der Waals surface area contributed by atoms with E-state index in [4.69, 9.17) is 19.5 Å². The maximum Gasteiger partial charge on any atom is 0.325 e. The van der Waals surface area contributed by atoms with Crippen LogP contribution in [0.2, 0.25) is 0 Å². The van der Waals surface area contributed by atoms with Crippen molar-refractivity contribution in [2.75, 3.05) is 30.5 Å². The molecule has 2 rings (SSSR count). The maximum atomic E-state index is 12.5. The highest BCUT2D eigenvalue weighted by Crippen LogP contribution is 2.29. The van der Waals surface area contributed by atoms with Crippen LogP contribution in [-0.2, 0) is 0 Å². The molecule has 0 aliphatic carbocycles. The van der Waals surface area contributed by atoms with Crippen molar-refractivity contribution < 1.29 is 19.0 Å². The minimum atomic E-state index is -0.580. The molecular weight excluding hydrogens is 386 g/mol. The van der Waals surface area contributed by atoms with E-state index in [2.05, 4.69) is 33.8 Å². The third kappa shape index (κ3) is 6.53. The monoisotopic (exact) mass is 409 g/mol. The maximum absolute atomic E-state index is 12.5. The fourth-order valence-electron chi connectivity index (χ4n) is 2.26. The van der Waals surface area contributed by atoms with Crippen LogP contribution in [0.5, 0.6) is 17.4 Å². The lowest BCUT2D eigenvalue weighted by atomic mass is 10.2. The van der Waals surface area contributed by atoms with E-state index in [1.165, 1.54) is 6.20 Å². The van der Waals surface area contributed by atoms with Gasteiger partial charge in [0.25, 0.3) is 5.88 Å². The summed E-state index contributed by atoms with van der Waals surface area (Å²) in [5.74, 6) is 1.18. The summed E-state index contributed by atoms with van der Waals surface area (Å²) < 4.78 is 16.5. The Kier molecular flexibility index (Phi) is 8.68. The minimum absolute atomic E-state index is 0.0227. The normalized spacial score (nSPS) is 9.73. The number of nitrogens with one attached hydrogen (secondary N) is 2. The smallest absolute Gasteiger partial charge is 0.325 e. The number of carbonyl (C=O) groups excluding carboxylic acids is 1. The summed E-state index contributed by atoms with van der Waals surface area (Å²) in [5.41, 5.74) is 0.430. The molecule has 9 heteroatoms. The van der Waals surface area contributed by atoms with Gasteiger partial charge in [-0.2, -0.15) is 10.2 Å². The molecular formula is C21H23N5O4. The van der Waals surface area contributed by atoms with Crippen LogP contribution < -0.4 is 24.8 Å². The highest BCUT2D eigenvalue weighted by Gasteiger charge is 2.13. The average molecular weight is 409 g/mol. The standard InChI is InChI=1S/C21H23N5O4/c1-4-7-11-30-20-17(13-22)23-14-19(25-20)26-21(27)24-16-12-15(28-6-3)8-9-18(16)29-10-5-2/h4-5,8-9,12,14H,1-2,6-7,10-11H2,3H3,(H2,24,25,26,27). The van der Waals surface area contributed by atoms with Crippen molar-refractivity contribution in [1.29, 1.82) is 5.26 Å². The molecule has 0 atom stereocenters. The lowest BCUT2D eigenvalue weighted by molar-refractivity contribution is 0.261. The Morgan fingerprint density at radius 3 is 2.77 bits per heavy atom. The molecule has 156 valence electrons. The van der Waals surface area contributed by atoms with Gasteiger partial charge in [-0.05, 0) is 25.5 Å². The number of nitrogens with zero attached hydrogens (tertiary/aromatic N) is 3. The summed E-state index contributed by atoms with van der Waals surface area (Å²) >= 11 is 0. The van der Waals surface area contributed by atoms with Gasteiger partial charge in [-0.3, -0.25) is 5.32 Å². The molecule has 2 aromatic rings. The van der Waals surface area contributed by atoms with Gasteiger partial charge in [0.05, 0.1) is 25.1 Å².